The predicted molar refractivity (Wildman–Crippen MR) is 71.8 cm³/mol. The molecule has 0 fully saturated rings. The van der Waals surface area contributed by atoms with E-state index >= 15 is 0 Å². The quantitative estimate of drug-likeness (QED) is 0.904. The van der Waals surface area contributed by atoms with Gasteiger partial charge in [0.15, 0.2) is 5.75 Å². The summed E-state index contributed by atoms with van der Waals surface area (Å²) in [4.78, 5) is 0. The molecule has 1 heterocycles. The van der Waals surface area contributed by atoms with E-state index in [-0.39, 0.29) is 6.04 Å². The van der Waals surface area contributed by atoms with Gasteiger partial charge in [-0.05, 0) is 38.5 Å². The molecule has 0 aliphatic carbocycles. The summed E-state index contributed by atoms with van der Waals surface area (Å²) in [6.07, 6.45) is 0. The molecule has 0 aliphatic heterocycles. The molecule has 0 amide bonds. The van der Waals surface area contributed by atoms with Gasteiger partial charge in [0.2, 0.25) is 0 Å². The number of aryl methyl sites for hydroxylation is 2. The lowest BCUT2D eigenvalue weighted by Crippen LogP contribution is -2.04. The molecule has 2 N–H and O–H groups in total. The predicted octanol–water partition coefficient (Wildman–Crippen LogP) is 2.85. The van der Waals surface area contributed by atoms with E-state index in [1.54, 1.807) is 0 Å². The lowest BCUT2D eigenvalue weighted by atomic mass is 10.1. The van der Waals surface area contributed by atoms with Crippen LogP contribution in [0.3, 0.4) is 0 Å². The van der Waals surface area contributed by atoms with Crippen LogP contribution in [0.5, 0.6) is 11.5 Å². The number of hydrogen-bond donors (Lipinski definition) is 1. The fourth-order valence-corrected chi connectivity index (χ4v) is 1.86. The van der Waals surface area contributed by atoms with E-state index in [2.05, 4.69) is 5.10 Å². The van der Waals surface area contributed by atoms with Crippen LogP contribution in [0.2, 0.25) is 0 Å². The second kappa shape index (κ2) is 4.82. The van der Waals surface area contributed by atoms with Crippen LogP contribution < -0.4 is 10.5 Å². The van der Waals surface area contributed by atoms with Gasteiger partial charge >= 0.3 is 0 Å². The summed E-state index contributed by atoms with van der Waals surface area (Å²) in [5, 5.41) is 4.32. The number of nitrogens with zero attached hydrogens (tertiary/aromatic N) is 2. The van der Waals surface area contributed by atoms with Crippen molar-refractivity contribution in [3.05, 3.63) is 41.2 Å². The zero-order chi connectivity index (χ0) is 13.3. The SMILES string of the molecule is Cc1nn(C)c(C)c1Oc1ccc(C(C)N)cc1. The molecule has 4 heteroatoms. The number of benzene rings is 1. The highest BCUT2D eigenvalue weighted by Gasteiger charge is 2.11. The molecule has 0 aliphatic rings. The highest BCUT2D eigenvalue weighted by Crippen LogP contribution is 2.28. The normalized spacial score (nSPS) is 12.5. The highest BCUT2D eigenvalue weighted by molar-refractivity contribution is 5.38. The maximum atomic E-state index is 5.87. The first-order valence-corrected chi connectivity index (χ1v) is 6.02. The van der Waals surface area contributed by atoms with Gasteiger partial charge in [-0.3, -0.25) is 4.68 Å². The molecule has 1 aromatic heterocycles. The van der Waals surface area contributed by atoms with Crippen molar-refractivity contribution >= 4 is 0 Å². The Morgan fingerprint density at radius 1 is 1.22 bits per heavy atom. The van der Waals surface area contributed by atoms with Gasteiger partial charge in [-0.25, -0.2) is 0 Å². The smallest absolute Gasteiger partial charge is 0.171 e. The van der Waals surface area contributed by atoms with Crippen LogP contribution in [0.25, 0.3) is 0 Å². The monoisotopic (exact) mass is 245 g/mol. The zero-order valence-electron chi connectivity index (χ0n) is 11.3. The van der Waals surface area contributed by atoms with Gasteiger partial charge in [-0.1, -0.05) is 12.1 Å². The molecule has 2 rings (SSSR count). The van der Waals surface area contributed by atoms with Gasteiger partial charge in [0.25, 0.3) is 0 Å². The second-order valence-electron chi connectivity index (χ2n) is 4.58. The van der Waals surface area contributed by atoms with Gasteiger partial charge in [0, 0.05) is 13.1 Å². The van der Waals surface area contributed by atoms with E-state index in [1.807, 2.05) is 56.8 Å². The topological polar surface area (TPSA) is 53.1 Å². The Labute approximate surface area is 107 Å². The summed E-state index contributed by atoms with van der Waals surface area (Å²) in [6.45, 7) is 5.90. The van der Waals surface area contributed by atoms with Crippen molar-refractivity contribution in [3.8, 4) is 11.5 Å². The average molecular weight is 245 g/mol. The molecule has 1 aromatic carbocycles. The molecule has 1 atom stereocenters. The first kappa shape index (κ1) is 12.6. The van der Waals surface area contributed by atoms with E-state index in [4.69, 9.17) is 10.5 Å². The first-order chi connectivity index (χ1) is 8.49. The Bertz CT molecular complexity index is 541. The van der Waals surface area contributed by atoms with E-state index in [0.717, 1.165) is 28.5 Å². The Balaban J connectivity index is 2.23. The van der Waals surface area contributed by atoms with Gasteiger partial charge in [-0.15, -0.1) is 0 Å². The van der Waals surface area contributed by atoms with Crippen molar-refractivity contribution in [2.45, 2.75) is 26.8 Å². The standard InChI is InChI=1S/C14H19N3O/c1-9(15)12-5-7-13(8-6-12)18-14-10(2)16-17(4)11(14)3/h5-9H,15H2,1-4H3. The molecule has 2 aromatic rings. The van der Waals surface area contributed by atoms with Crippen molar-refractivity contribution in [1.82, 2.24) is 9.78 Å². The van der Waals surface area contributed by atoms with E-state index in [9.17, 15) is 0 Å². The molecule has 4 nitrogen and oxygen atoms in total. The molecule has 18 heavy (non-hydrogen) atoms. The molecule has 0 radical (unpaired) electrons. The number of hydrogen-bond acceptors (Lipinski definition) is 3. The molecule has 0 saturated carbocycles. The van der Waals surface area contributed by atoms with Gasteiger partial charge in [0.05, 0.1) is 5.69 Å². The Morgan fingerprint density at radius 3 is 2.28 bits per heavy atom. The summed E-state index contributed by atoms with van der Waals surface area (Å²) in [5.41, 5.74) is 8.82. The second-order valence-corrected chi connectivity index (χ2v) is 4.58. The van der Waals surface area contributed by atoms with Crippen LogP contribution in [-0.2, 0) is 7.05 Å². The number of rotatable bonds is 3. The third kappa shape index (κ3) is 2.38. The molecular weight excluding hydrogens is 226 g/mol. The molecule has 1 unspecified atom stereocenters. The summed E-state index contributed by atoms with van der Waals surface area (Å²) in [7, 11) is 1.91. The lowest BCUT2D eigenvalue weighted by Gasteiger charge is -2.09. The summed E-state index contributed by atoms with van der Waals surface area (Å²) < 4.78 is 7.69. The van der Waals surface area contributed by atoms with Gasteiger partial charge < -0.3 is 10.5 Å². The largest absolute Gasteiger partial charge is 0.453 e. The van der Waals surface area contributed by atoms with Gasteiger partial charge in [0.1, 0.15) is 11.4 Å². The van der Waals surface area contributed by atoms with Crippen molar-refractivity contribution < 1.29 is 4.74 Å². The summed E-state index contributed by atoms with van der Waals surface area (Å²) in [6, 6.07) is 7.89. The molecule has 0 saturated heterocycles. The minimum Gasteiger partial charge on any atom is -0.453 e. The molecule has 0 spiro atoms. The Hall–Kier alpha value is -1.81. The minimum absolute atomic E-state index is 0.0425. The fourth-order valence-electron chi connectivity index (χ4n) is 1.86. The highest BCUT2D eigenvalue weighted by atomic mass is 16.5. The van der Waals surface area contributed by atoms with Crippen LogP contribution in [0.15, 0.2) is 24.3 Å². The maximum Gasteiger partial charge on any atom is 0.171 e. The summed E-state index contributed by atoms with van der Waals surface area (Å²) in [5.74, 6) is 1.63. The van der Waals surface area contributed by atoms with E-state index in [0.29, 0.717) is 0 Å². The third-order valence-corrected chi connectivity index (χ3v) is 3.07. The fraction of sp³-hybridized carbons (Fsp3) is 0.357. The number of ether oxygens (including phenoxy) is 1. The van der Waals surface area contributed by atoms with E-state index < -0.39 is 0 Å². The molecule has 96 valence electrons. The van der Waals surface area contributed by atoms with Crippen molar-refractivity contribution in [2.75, 3.05) is 0 Å². The van der Waals surface area contributed by atoms with Crippen molar-refractivity contribution in [1.29, 1.82) is 0 Å². The van der Waals surface area contributed by atoms with Crippen LogP contribution >= 0.6 is 0 Å². The maximum absolute atomic E-state index is 5.87. The van der Waals surface area contributed by atoms with E-state index in [1.165, 1.54) is 0 Å². The van der Waals surface area contributed by atoms with Gasteiger partial charge in [-0.2, -0.15) is 5.10 Å². The van der Waals surface area contributed by atoms with Crippen LogP contribution in [0, 0.1) is 13.8 Å². The van der Waals surface area contributed by atoms with Crippen LogP contribution in [-0.4, -0.2) is 9.78 Å². The van der Waals surface area contributed by atoms with Crippen LogP contribution in [0.1, 0.15) is 29.9 Å². The molecular formula is C14H19N3O. The third-order valence-electron chi connectivity index (χ3n) is 3.07. The minimum atomic E-state index is 0.0425. The number of nitrogens with two attached hydrogens (primary N) is 1. The van der Waals surface area contributed by atoms with Crippen molar-refractivity contribution in [3.63, 3.8) is 0 Å². The van der Waals surface area contributed by atoms with Crippen LogP contribution in [0.4, 0.5) is 0 Å². The Morgan fingerprint density at radius 2 is 1.83 bits per heavy atom. The number of aromatic nitrogens is 2. The zero-order valence-corrected chi connectivity index (χ0v) is 11.3. The lowest BCUT2D eigenvalue weighted by molar-refractivity contribution is 0.474. The molecule has 0 bridgehead atoms. The average Bonchev–Trinajstić information content (AvgIpc) is 2.57. The van der Waals surface area contributed by atoms with Crippen molar-refractivity contribution in [2.24, 2.45) is 12.8 Å². The first-order valence-electron chi connectivity index (χ1n) is 6.02. The summed E-state index contributed by atoms with van der Waals surface area (Å²) >= 11 is 0. The Kier molecular flexibility index (Phi) is 3.39.